The van der Waals surface area contributed by atoms with Crippen molar-refractivity contribution in [3.8, 4) is 0 Å². The second kappa shape index (κ2) is 7.98. The van der Waals surface area contributed by atoms with E-state index in [4.69, 9.17) is 14.9 Å². The van der Waals surface area contributed by atoms with Gasteiger partial charge in [-0.1, -0.05) is 0 Å². The Morgan fingerprint density at radius 1 is 1.33 bits per heavy atom. The van der Waals surface area contributed by atoms with Gasteiger partial charge >= 0.3 is 0 Å². The highest BCUT2D eigenvalue weighted by Gasteiger charge is 2.27. The lowest BCUT2D eigenvalue weighted by molar-refractivity contribution is -0.0339. The van der Waals surface area contributed by atoms with Gasteiger partial charge in [-0.2, -0.15) is 0 Å². The molecule has 1 aliphatic rings. The molecule has 27 heavy (non-hydrogen) atoms. The second-order valence-electron chi connectivity index (χ2n) is 7.07. The highest BCUT2D eigenvalue weighted by atomic mass is 16.5. The Labute approximate surface area is 158 Å². The number of morpholine rings is 1. The van der Waals surface area contributed by atoms with Gasteiger partial charge in [0.05, 0.1) is 12.7 Å². The van der Waals surface area contributed by atoms with E-state index in [2.05, 4.69) is 9.88 Å². The quantitative estimate of drug-likeness (QED) is 0.793. The lowest BCUT2D eigenvalue weighted by atomic mass is 10.2. The first kappa shape index (κ1) is 19.2. The monoisotopic (exact) mass is 374 g/mol. The number of aromatic amines is 1. The van der Waals surface area contributed by atoms with Gasteiger partial charge in [0.2, 0.25) is 0 Å². The number of hydrogen-bond acceptors (Lipinski definition) is 5. The summed E-state index contributed by atoms with van der Waals surface area (Å²) in [4.78, 5) is 31.5. The summed E-state index contributed by atoms with van der Waals surface area (Å²) in [6.45, 7) is 7.07. The topological polar surface area (TPSA) is 105 Å². The predicted molar refractivity (Wildman–Crippen MR) is 99.5 cm³/mol. The Bertz CT molecular complexity index is 826. The van der Waals surface area contributed by atoms with Crippen LogP contribution in [0.2, 0.25) is 0 Å². The standard InChI is InChI=1S/C19H26N4O4/c1-12-8-14(13(2)21-12)9-23(11-15-10-22(3)6-7-26-15)19(25)17-5-4-16(27-17)18(20)24/h4-5,8,15,21H,6-7,9-11H2,1-3H3,(H2,20,24)/t15-/m0/s1. The van der Waals surface area contributed by atoms with Crippen molar-refractivity contribution in [2.24, 2.45) is 5.73 Å². The SMILES string of the molecule is Cc1cc(CN(C[C@@H]2CN(C)CCO2)C(=O)c2ccc(C(N)=O)o2)c(C)[nH]1. The van der Waals surface area contributed by atoms with Gasteiger partial charge in [-0.15, -0.1) is 0 Å². The first-order valence-electron chi connectivity index (χ1n) is 8.97. The van der Waals surface area contributed by atoms with Crippen molar-refractivity contribution in [2.45, 2.75) is 26.5 Å². The number of nitrogens with zero attached hydrogens (tertiary/aromatic N) is 2. The zero-order valence-electron chi connectivity index (χ0n) is 15.9. The normalized spacial score (nSPS) is 17.8. The molecular weight excluding hydrogens is 348 g/mol. The van der Waals surface area contributed by atoms with E-state index in [1.165, 1.54) is 12.1 Å². The number of H-pyrrole nitrogens is 1. The number of aromatic nitrogens is 1. The zero-order valence-corrected chi connectivity index (χ0v) is 15.9. The molecule has 146 valence electrons. The Hall–Kier alpha value is -2.58. The van der Waals surface area contributed by atoms with Crippen LogP contribution in [0.5, 0.6) is 0 Å². The molecule has 0 unspecified atom stereocenters. The molecule has 3 heterocycles. The number of furan rings is 1. The molecule has 1 fully saturated rings. The van der Waals surface area contributed by atoms with E-state index in [1.807, 2.05) is 27.0 Å². The maximum absolute atomic E-state index is 13.1. The average Bonchev–Trinajstić information content (AvgIpc) is 3.21. The molecule has 3 rings (SSSR count). The minimum absolute atomic E-state index is 0.0272. The predicted octanol–water partition coefficient (Wildman–Crippen LogP) is 1.30. The Balaban J connectivity index is 1.82. The van der Waals surface area contributed by atoms with Gasteiger partial charge in [-0.3, -0.25) is 9.59 Å². The molecule has 3 N–H and O–H groups in total. The minimum Gasteiger partial charge on any atom is -0.446 e. The number of rotatable bonds is 6. The summed E-state index contributed by atoms with van der Waals surface area (Å²) in [5.41, 5.74) is 8.32. The number of nitrogens with two attached hydrogens (primary N) is 1. The van der Waals surface area contributed by atoms with Gasteiger partial charge in [-0.05, 0) is 44.7 Å². The van der Waals surface area contributed by atoms with Gasteiger partial charge in [0.1, 0.15) is 0 Å². The number of carbonyl (C=O) groups is 2. The Morgan fingerprint density at radius 3 is 2.67 bits per heavy atom. The van der Waals surface area contributed by atoms with Gasteiger partial charge in [0, 0.05) is 37.6 Å². The van der Waals surface area contributed by atoms with Crippen molar-refractivity contribution in [2.75, 3.05) is 33.3 Å². The van der Waals surface area contributed by atoms with Crippen LogP contribution in [0.15, 0.2) is 22.6 Å². The first-order chi connectivity index (χ1) is 12.8. The molecule has 0 aliphatic carbocycles. The molecule has 2 aromatic heterocycles. The molecule has 0 saturated carbocycles. The van der Waals surface area contributed by atoms with Crippen molar-refractivity contribution in [1.29, 1.82) is 0 Å². The lowest BCUT2D eigenvalue weighted by Gasteiger charge is -2.33. The van der Waals surface area contributed by atoms with Gasteiger partial charge in [-0.25, -0.2) is 0 Å². The van der Waals surface area contributed by atoms with Crippen LogP contribution in [0.4, 0.5) is 0 Å². The van der Waals surface area contributed by atoms with Crippen LogP contribution in [-0.2, 0) is 11.3 Å². The third-order valence-corrected chi connectivity index (χ3v) is 4.73. The first-order valence-corrected chi connectivity index (χ1v) is 8.97. The second-order valence-corrected chi connectivity index (χ2v) is 7.07. The highest BCUT2D eigenvalue weighted by Crippen LogP contribution is 2.18. The average molecular weight is 374 g/mol. The van der Waals surface area contributed by atoms with Crippen LogP contribution in [0.3, 0.4) is 0 Å². The maximum atomic E-state index is 13.1. The van der Waals surface area contributed by atoms with Gasteiger partial charge in [0.15, 0.2) is 11.5 Å². The molecule has 2 aromatic rings. The lowest BCUT2D eigenvalue weighted by Crippen LogP contribution is -2.47. The number of hydrogen-bond donors (Lipinski definition) is 2. The molecule has 8 heteroatoms. The van der Waals surface area contributed by atoms with Crippen molar-refractivity contribution < 1.29 is 18.7 Å². The summed E-state index contributed by atoms with van der Waals surface area (Å²) in [5, 5.41) is 0. The van der Waals surface area contributed by atoms with E-state index >= 15 is 0 Å². The van der Waals surface area contributed by atoms with Gasteiger partial charge in [0.25, 0.3) is 11.8 Å². The van der Waals surface area contributed by atoms with Crippen molar-refractivity contribution >= 4 is 11.8 Å². The van der Waals surface area contributed by atoms with Crippen LogP contribution in [0.25, 0.3) is 0 Å². The molecular formula is C19H26N4O4. The van der Waals surface area contributed by atoms with Crippen molar-refractivity contribution in [3.05, 3.63) is 46.7 Å². The summed E-state index contributed by atoms with van der Waals surface area (Å²) in [6.07, 6.45) is -0.0846. The number of nitrogens with one attached hydrogen (secondary N) is 1. The fraction of sp³-hybridized carbons (Fsp3) is 0.474. The van der Waals surface area contributed by atoms with E-state index in [0.717, 1.165) is 30.0 Å². The molecule has 2 amide bonds. The summed E-state index contributed by atoms with van der Waals surface area (Å²) >= 11 is 0. The number of amides is 2. The fourth-order valence-corrected chi connectivity index (χ4v) is 3.33. The van der Waals surface area contributed by atoms with E-state index in [0.29, 0.717) is 19.7 Å². The van der Waals surface area contributed by atoms with Crippen LogP contribution >= 0.6 is 0 Å². The van der Waals surface area contributed by atoms with Crippen LogP contribution in [0, 0.1) is 13.8 Å². The van der Waals surface area contributed by atoms with Crippen molar-refractivity contribution in [1.82, 2.24) is 14.8 Å². The maximum Gasteiger partial charge on any atom is 0.289 e. The number of likely N-dealkylation sites (N-methyl/N-ethyl adjacent to an activating group) is 1. The highest BCUT2D eigenvalue weighted by molar-refractivity contribution is 5.95. The molecule has 0 aromatic carbocycles. The minimum atomic E-state index is -0.699. The van der Waals surface area contributed by atoms with E-state index < -0.39 is 5.91 Å². The largest absolute Gasteiger partial charge is 0.446 e. The third-order valence-electron chi connectivity index (χ3n) is 4.73. The summed E-state index contributed by atoms with van der Waals surface area (Å²) in [7, 11) is 2.03. The molecule has 0 spiro atoms. The summed E-state index contributed by atoms with van der Waals surface area (Å²) in [5.74, 6) is -0.925. The molecule has 1 saturated heterocycles. The van der Waals surface area contributed by atoms with Crippen molar-refractivity contribution in [3.63, 3.8) is 0 Å². The number of aryl methyl sites for hydroxylation is 2. The third kappa shape index (κ3) is 4.58. The zero-order chi connectivity index (χ0) is 19.6. The molecule has 0 bridgehead atoms. The smallest absolute Gasteiger partial charge is 0.289 e. The van der Waals surface area contributed by atoms with Crippen LogP contribution < -0.4 is 5.73 Å². The Kier molecular flexibility index (Phi) is 5.67. The van der Waals surface area contributed by atoms with Gasteiger partial charge < -0.3 is 29.7 Å². The molecule has 1 atom stereocenters. The van der Waals surface area contributed by atoms with E-state index in [1.54, 1.807) is 4.90 Å². The Morgan fingerprint density at radius 2 is 2.07 bits per heavy atom. The number of carbonyl (C=O) groups excluding carboxylic acids is 2. The molecule has 8 nitrogen and oxygen atoms in total. The fourth-order valence-electron chi connectivity index (χ4n) is 3.33. The number of primary amides is 1. The summed E-state index contributed by atoms with van der Waals surface area (Å²) in [6, 6.07) is 4.93. The molecule has 0 radical (unpaired) electrons. The molecule has 1 aliphatic heterocycles. The van der Waals surface area contributed by atoms with Crippen LogP contribution in [-0.4, -0.2) is 66.0 Å². The van der Waals surface area contributed by atoms with E-state index in [-0.39, 0.29) is 23.5 Å². The number of ether oxygens (including phenoxy) is 1. The van der Waals surface area contributed by atoms with E-state index in [9.17, 15) is 9.59 Å². The van der Waals surface area contributed by atoms with Crippen LogP contribution in [0.1, 0.15) is 38.1 Å². The summed E-state index contributed by atoms with van der Waals surface area (Å²) < 4.78 is 11.2.